The van der Waals surface area contributed by atoms with Gasteiger partial charge in [-0.15, -0.1) is 0 Å². The molecule has 0 bridgehead atoms. The lowest BCUT2D eigenvalue weighted by atomic mass is 10.0. The lowest BCUT2D eigenvalue weighted by Gasteiger charge is -2.12. The largest absolute Gasteiger partial charge is 0.490 e. The van der Waals surface area contributed by atoms with E-state index >= 15 is 0 Å². The minimum atomic E-state index is -4.72. The Morgan fingerprint density at radius 1 is 0.953 bits per heavy atom. The highest BCUT2D eigenvalue weighted by atomic mass is 19.4. The van der Waals surface area contributed by atoms with Crippen LogP contribution in [0.25, 0.3) is 16.9 Å². The second kappa shape index (κ2) is 12.2. The summed E-state index contributed by atoms with van der Waals surface area (Å²) >= 11 is 0. The van der Waals surface area contributed by atoms with Crippen LogP contribution in [0.1, 0.15) is 60.8 Å². The SMILES string of the molecule is CCOc1ccc(Cn2cc(NC(=O)c3cnn4c(C(F)(F)F)cc(-c5ccc(C(C)C)cc5)nc34)cn2)cc1OCC. The summed E-state index contributed by atoms with van der Waals surface area (Å²) in [7, 11) is 0. The number of rotatable bonds is 10. The lowest BCUT2D eigenvalue weighted by molar-refractivity contribution is -0.142. The predicted molar refractivity (Wildman–Crippen MR) is 156 cm³/mol. The van der Waals surface area contributed by atoms with E-state index < -0.39 is 17.8 Å². The van der Waals surface area contributed by atoms with Crippen molar-refractivity contribution in [2.24, 2.45) is 0 Å². The number of nitrogens with zero attached hydrogens (tertiary/aromatic N) is 5. The van der Waals surface area contributed by atoms with Crippen LogP contribution in [0.15, 0.2) is 67.1 Å². The summed E-state index contributed by atoms with van der Waals surface area (Å²) in [5, 5.41) is 10.9. The zero-order valence-electron chi connectivity index (χ0n) is 24.1. The molecule has 5 rings (SSSR count). The smallest absolute Gasteiger partial charge is 0.433 e. The summed E-state index contributed by atoms with van der Waals surface area (Å²) < 4.78 is 55.7. The number of aromatic nitrogens is 5. The third-order valence-corrected chi connectivity index (χ3v) is 6.72. The molecule has 1 N–H and O–H groups in total. The van der Waals surface area contributed by atoms with E-state index in [2.05, 4.69) is 20.5 Å². The van der Waals surface area contributed by atoms with Gasteiger partial charge in [0.25, 0.3) is 5.91 Å². The number of halogens is 3. The van der Waals surface area contributed by atoms with Gasteiger partial charge in [0.15, 0.2) is 22.8 Å². The standard InChI is InChI=1S/C31H31F3N6O3/c1-5-42-26-12-7-20(13-27(26)43-6-2)17-39-18-23(15-35-39)37-30(41)24-16-36-40-28(31(32,33)34)14-25(38-29(24)40)22-10-8-21(9-11-22)19(3)4/h7-16,18-19H,5-6,17H2,1-4H3,(H,37,41). The fraction of sp³-hybridized carbons (Fsp3) is 0.290. The van der Waals surface area contributed by atoms with Crippen molar-refractivity contribution in [2.75, 3.05) is 18.5 Å². The summed E-state index contributed by atoms with van der Waals surface area (Å²) in [4.78, 5) is 17.7. The van der Waals surface area contributed by atoms with Gasteiger partial charge in [0.1, 0.15) is 5.56 Å². The van der Waals surface area contributed by atoms with Gasteiger partial charge in [-0.25, -0.2) is 9.50 Å². The zero-order valence-corrected chi connectivity index (χ0v) is 24.1. The molecule has 3 heterocycles. The molecule has 5 aromatic rings. The molecule has 9 nitrogen and oxygen atoms in total. The van der Waals surface area contributed by atoms with Crippen LogP contribution in [-0.2, 0) is 12.7 Å². The van der Waals surface area contributed by atoms with Gasteiger partial charge in [0.2, 0.25) is 0 Å². The van der Waals surface area contributed by atoms with Gasteiger partial charge in [-0.1, -0.05) is 44.2 Å². The quantitative estimate of drug-likeness (QED) is 0.191. The highest BCUT2D eigenvalue weighted by Crippen LogP contribution is 2.33. The molecule has 0 saturated carbocycles. The fourth-order valence-electron chi connectivity index (χ4n) is 4.61. The first-order valence-corrected chi connectivity index (χ1v) is 13.9. The number of carbonyl (C=O) groups excluding carboxylic acids is 1. The molecule has 1 amide bonds. The first-order valence-electron chi connectivity index (χ1n) is 13.9. The van der Waals surface area contributed by atoms with Crippen LogP contribution in [0.4, 0.5) is 18.9 Å². The number of alkyl halides is 3. The van der Waals surface area contributed by atoms with Crippen molar-refractivity contribution < 1.29 is 27.4 Å². The van der Waals surface area contributed by atoms with Crippen LogP contribution in [0.5, 0.6) is 11.5 Å². The van der Waals surface area contributed by atoms with Crippen molar-refractivity contribution in [2.45, 2.75) is 46.3 Å². The number of carbonyl (C=O) groups is 1. The Balaban J connectivity index is 1.40. The molecule has 0 aliphatic heterocycles. The molecule has 12 heteroatoms. The van der Waals surface area contributed by atoms with Crippen LogP contribution < -0.4 is 14.8 Å². The van der Waals surface area contributed by atoms with Crippen molar-refractivity contribution >= 4 is 17.2 Å². The summed E-state index contributed by atoms with van der Waals surface area (Å²) in [6, 6.07) is 13.7. The minimum absolute atomic E-state index is 0.0827. The second-order valence-corrected chi connectivity index (χ2v) is 10.1. The van der Waals surface area contributed by atoms with Crippen molar-refractivity contribution in [1.82, 2.24) is 24.4 Å². The fourth-order valence-corrected chi connectivity index (χ4v) is 4.61. The number of amides is 1. The van der Waals surface area contributed by atoms with Crippen molar-refractivity contribution in [3.05, 3.63) is 89.5 Å². The van der Waals surface area contributed by atoms with Crippen molar-refractivity contribution in [3.63, 3.8) is 0 Å². The lowest BCUT2D eigenvalue weighted by Crippen LogP contribution is -2.15. The first-order chi connectivity index (χ1) is 20.6. The molecule has 224 valence electrons. The molecule has 0 radical (unpaired) electrons. The summed E-state index contributed by atoms with van der Waals surface area (Å²) in [5.74, 6) is 0.866. The van der Waals surface area contributed by atoms with Gasteiger partial charge in [-0.05, 0) is 49.1 Å². The highest BCUT2D eigenvalue weighted by Gasteiger charge is 2.36. The second-order valence-electron chi connectivity index (χ2n) is 10.1. The summed E-state index contributed by atoms with van der Waals surface area (Å²) in [6.07, 6.45) is -0.565. The monoisotopic (exact) mass is 592 g/mol. The van der Waals surface area contributed by atoms with E-state index in [-0.39, 0.29) is 22.8 Å². The van der Waals surface area contributed by atoms with E-state index in [0.29, 0.717) is 47.0 Å². The average Bonchev–Trinajstić information content (AvgIpc) is 3.60. The Kier molecular flexibility index (Phi) is 8.38. The molecule has 0 fully saturated rings. The Bertz CT molecular complexity index is 1740. The van der Waals surface area contributed by atoms with E-state index in [1.54, 1.807) is 23.0 Å². The summed E-state index contributed by atoms with van der Waals surface area (Å²) in [6.45, 7) is 9.21. The molecular weight excluding hydrogens is 561 g/mol. The van der Waals surface area contributed by atoms with Crippen LogP contribution in [0, 0.1) is 0 Å². The molecule has 0 aliphatic rings. The maximum atomic E-state index is 14.0. The predicted octanol–water partition coefficient (Wildman–Crippen LogP) is 6.83. The molecule has 0 spiro atoms. The number of ether oxygens (including phenoxy) is 2. The van der Waals surface area contributed by atoms with Gasteiger partial charge in [0, 0.05) is 11.8 Å². The number of fused-ring (bicyclic) bond motifs is 1. The third-order valence-electron chi connectivity index (χ3n) is 6.72. The molecule has 0 atom stereocenters. The Morgan fingerprint density at radius 2 is 1.67 bits per heavy atom. The third kappa shape index (κ3) is 6.47. The van der Waals surface area contributed by atoms with E-state index in [1.165, 1.54) is 6.20 Å². The number of hydrogen-bond acceptors (Lipinski definition) is 6. The van der Waals surface area contributed by atoms with Crippen LogP contribution in [0.3, 0.4) is 0 Å². The molecule has 2 aromatic carbocycles. The highest BCUT2D eigenvalue weighted by molar-refractivity contribution is 6.08. The van der Waals surface area contributed by atoms with E-state index in [1.807, 2.05) is 58.0 Å². The Labute approximate surface area is 246 Å². The van der Waals surface area contributed by atoms with Gasteiger partial charge in [-0.3, -0.25) is 9.48 Å². The molecule has 0 saturated heterocycles. The van der Waals surface area contributed by atoms with E-state index in [0.717, 1.165) is 23.4 Å². The Morgan fingerprint density at radius 3 is 2.35 bits per heavy atom. The van der Waals surface area contributed by atoms with E-state index in [4.69, 9.17) is 9.47 Å². The normalized spacial score (nSPS) is 11.7. The molecule has 43 heavy (non-hydrogen) atoms. The van der Waals surface area contributed by atoms with E-state index in [9.17, 15) is 18.0 Å². The maximum Gasteiger partial charge on any atom is 0.433 e. The molecular formula is C31H31F3N6O3. The zero-order chi connectivity index (χ0) is 30.7. The van der Waals surface area contributed by atoms with Gasteiger partial charge >= 0.3 is 6.18 Å². The Hall–Kier alpha value is -4.87. The van der Waals surface area contributed by atoms with Crippen LogP contribution in [-0.4, -0.2) is 43.5 Å². The van der Waals surface area contributed by atoms with Gasteiger partial charge < -0.3 is 14.8 Å². The number of anilines is 1. The van der Waals surface area contributed by atoms with Crippen molar-refractivity contribution in [3.8, 4) is 22.8 Å². The molecule has 0 aliphatic carbocycles. The summed E-state index contributed by atoms with van der Waals surface area (Å²) in [5.41, 5.74) is 1.53. The van der Waals surface area contributed by atoms with Gasteiger partial charge in [0.05, 0.1) is 43.5 Å². The van der Waals surface area contributed by atoms with Gasteiger partial charge in [-0.2, -0.15) is 23.4 Å². The average molecular weight is 593 g/mol. The first kappa shape index (κ1) is 29.6. The number of hydrogen-bond donors (Lipinski definition) is 1. The minimum Gasteiger partial charge on any atom is -0.490 e. The molecule has 3 aromatic heterocycles. The number of nitrogens with one attached hydrogen (secondary N) is 1. The van der Waals surface area contributed by atoms with Crippen LogP contribution in [0.2, 0.25) is 0 Å². The van der Waals surface area contributed by atoms with Crippen molar-refractivity contribution in [1.29, 1.82) is 0 Å². The maximum absolute atomic E-state index is 14.0. The topological polar surface area (TPSA) is 95.6 Å². The molecule has 0 unspecified atom stereocenters. The van der Waals surface area contributed by atoms with Crippen LogP contribution >= 0.6 is 0 Å². The number of benzene rings is 2.